The summed E-state index contributed by atoms with van der Waals surface area (Å²) < 4.78 is 40.3. The van der Waals surface area contributed by atoms with Crippen LogP contribution in [0.15, 0.2) is 18.5 Å². The molecule has 0 saturated carbocycles. The van der Waals surface area contributed by atoms with Crippen molar-refractivity contribution in [3.8, 4) is 0 Å². The minimum absolute atomic E-state index is 0.0869. The predicted molar refractivity (Wildman–Crippen MR) is 86.3 cm³/mol. The van der Waals surface area contributed by atoms with Crippen molar-refractivity contribution in [1.29, 1.82) is 0 Å². The quantitative estimate of drug-likeness (QED) is 0.760. The molecule has 5 nitrogen and oxygen atoms in total. The third kappa shape index (κ3) is 3.08. The number of halogens is 3. The molecule has 0 fully saturated rings. The lowest BCUT2D eigenvalue weighted by Gasteiger charge is -2.16. The lowest BCUT2D eigenvalue weighted by Crippen LogP contribution is -2.14. The van der Waals surface area contributed by atoms with Gasteiger partial charge in [-0.2, -0.15) is 27.8 Å². The molecule has 0 radical (unpaired) electrons. The molecule has 3 aromatic rings. The molecule has 0 spiro atoms. The van der Waals surface area contributed by atoms with Gasteiger partial charge in [-0.15, -0.1) is 11.3 Å². The molecule has 1 atom stereocenters. The highest BCUT2D eigenvalue weighted by Gasteiger charge is 2.34. The molecule has 9 heteroatoms. The molecular weight excluding hydrogens is 339 g/mol. The van der Waals surface area contributed by atoms with Crippen LogP contribution in [-0.2, 0) is 12.6 Å². The second-order valence-corrected chi connectivity index (χ2v) is 6.64. The van der Waals surface area contributed by atoms with Crippen LogP contribution in [0.2, 0.25) is 0 Å². The minimum atomic E-state index is -4.54. The lowest BCUT2D eigenvalue weighted by atomic mass is 10.2. The summed E-state index contributed by atoms with van der Waals surface area (Å²) >= 11 is 1.66. The van der Waals surface area contributed by atoms with Gasteiger partial charge in [0.15, 0.2) is 5.69 Å². The SMILES string of the molecule is CCc1sc(C(C)Nc2cc(C(F)(F)F)nc3ncnn23)cc1C. The maximum atomic E-state index is 13.0. The maximum Gasteiger partial charge on any atom is 0.433 e. The number of nitrogens with zero attached hydrogens (tertiary/aromatic N) is 4. The van der Waals surface area contributed by atoms with Crippen LogP contribution >= 0.6 is 11.3 Å². The number of hydrogen-bond acceptors (Lipinski definition) is 5. The predicted octanol–water partition coefficient (Wildman–Crippen LogP) is 4.25. The number of anilines is 1. The largest absolute Gasteiger partial charge is 0.433 e. The standard InChI is InChI=1S/C15H16F3N5S/c1-4-10-8(2)5-11(24-10)9(3)21-13-6-12(15(16,17)18)22-14-19-7-20-23(13)14/h5-7,9,21H,4H2,1-3H3. The van der Waals surface area contributed by atoms with Gasteiger partial charge >= 0.3 is 6.18 Å². The van der Waals surface area contributed by atoms with Gasteiger partial charge in [0.25, 0.3) is 5.78 Å². The van der Waals surface area contributed by atoms with Gasteiger partial charge in [-0.25, -0.2) is 4.98 Å². The first-order valence-corrected chi connectivity index (χ1v) is 8.25. The Labute approximate surface area is 140 Å². The van der Waals surface area contributed by atoms with E-state index < -0.39 is 11.9 Å². The number of fused-ring (bicyclic) bond motifs is 1. The average Bonchev–Trinajstić information content (AvgIpc) is 3.12. The van der Waals surface area contributed by atoms with E-state index in [1.54, 1.807) is 11.3 Å². The average molecular weight is 355 g/mol. The third-order valence-corrected chi connectivity index (χ3v) is 5.26. The zero-order valence-electron chi connectivity index (χ0n) is 13.3. The monoisotopic (exact) mass is 355 g/mol. The van der Waals surface area contributed by atoms with Crippen molar-refractivity contribution in [2.24, 2.45) is 0 Å². The second kappa shape index (κ2) is 6.04. The summed E-state index contributed by atoms with van der Waals surface area (Å²) in [6.45, 7) is 6.02. The fourth-order valence-electron chi connectivity index (χ4n) is 2.46. The number of alkyl halides is 3. The van der Waals surface area contributed by atoms with E-state index in [4.69, 9.17) is 0 Å². The molecule has 3 aromatic heterocycles. The molecule has 0 aliphatic carbocycles. The Morgan fingerprint density at radius 1 is 1.33 bits per heavy atom. The van der Waals surface area contributed by atoms with Gasteiger partial charge in [0.05, 0.1) is 6.04 Å². The third-order valence-electron chi connectivity index (χ3n) is 3.69. The molecular formula is C15H16F3N5S. The zero-order valence-corrected chi connectivity index (χ0v) is 14.2. The van der Waals surface area contributed by atoms with Gasteiger partial charge in [0.2, 0.25) is 0 Å². The molecule has 0 bridgehead atoms. The normalized spacial score (nSPS) is 13.4. The van der Waals surface area contributed by atoms with Gasteiger partial charge in [-0.3, -0.25) is 0 Å². The van der Waals surface area contributed by atoms with Crippen molar-refractivity contribution in [2.75, 3.05) is 5.32 Å². The van der Waals surface area contributed by atoms with E-state index in [0.717, 1.165) is 17.4 Å². The van der Waals surface area contributed by atoms with E-state index in [2.05, 4.69) is 33.4 Å². The molecule has 0 aliphatic rings. The van der Waals surface area contributed by atoms with E-state index >= 15 is 0 Å². The highest BCUT2D eigenvalue weighted by atomic mass is 32.1. The molecule has 0 saturated heterocycles. The van der Waals surface area contributed by atoms with E-state index in [1.165, 1.54) is 21.3 Å². The summed E-state index contributed by atoms with van der Waals surface area (Å²) in [6, 6.07) is 2.86. The number of hydrogen-bond donors (Lipinski definition) is 1. The Kier molecular flexibility index (Phi) is 4.20. The van der Waals surface area contributed by atoms with E-state index in [-0.39, 0.29) is 17.6 Å². The van der Waals surface area contributed by atoms with Crippen LogP contribution in [0.3, 0.4) is 0 Å². The van der Waals surface area contributed by atoms with Crippen LogP contribution in [0.4, 0.5) is 19.0 Å². The van der Waals surface area contributed by atoms with E-state index in [9.17, 15) is 13.2 Å². The zero-order chi connectivity index (χ0) is 17.5. The molecule has 0 aromatic carbocycles. The van der Waals surface area contributed by atoms with E-state index in [0.29, 0.717) is 0 Å². The molecule has 3 heterocycles. The Bertz CT molecular complexity index is 868. The molecule has 24 heavy (non-hydrogen) atoms. The number of thiophene rings is 1. The van der Waals surface area contributed by atoms with Crippen molar-refractivity contribution in [1.82, 2.24) is 19.6 Å². The summed E-state index contributed by atoms with van der Waals surface area (Å²) in [5.41, 5.74) is 0.206. The Morgan fingerprint density at radius 2 is 2.08 bits per heavy atom. The molecule has 1 N–H and O–H groups in total. The summed E-state index contributed by atoms with van der Waals surface area (Å²) in [4.78, 5) is 9.61. The van der Waals surface area contributed by atoms with Gasteiger partial charge in [-0.1, -0.05) is 6.92 Å². The Morgan fingerprint density at radius 3 is 2.71 bits per heavy atom. The van der Waals surface area contributed by atoms with Crippen LogP contribution in [0, 0.1) is 6.92 Å². The highest BCUT2D eigenvalue weighted by Crippen LogP contribution is 2.32. The first kappa shape index (κ1) is 16.7. The fraction of sp³-hybridized carbons (Fsp3) is 0.400. The van der Waals surface area contributed by atoms with Gasteiger partial charge < -0.3 is 5.32 Å². The van der Waals surface area contributed by atoms with Crippen LogP contribution in [0.25, 0.3) is 5.78 Å². The van der Waals surface area contributed by atoms with E-state index in [1.807, 2.05) is 13.8 Å². The van der Waals surface area contributed by atoms with Crippen molar-refractivity contribution >= 4 is 22.9 Å². The smallest absolute Gasteiger partial charge is 0.363 e. The van der Waals surface area contributed by atoms with Gasteiger partial charge in [0.1, 0.15) is 12.1 Å². The molecule has 0 amide bonds. The summed E-state index contributed by atoms with van der Waals surface area (Å²) in [7, 11) is 0. The van der Waals surface area contributed by atoms with Gasteiger partial charge in [-0.05, 0) is 31.9 Å². The van der Waals surface area contributed by atoms with Crippen molar-refractivity contribution < 1.29 is 13.2 Å². The van der Waals surface area contributed by atoms with Crippen LogP contribution in [0.5, 0.6) is 0 Å². The number of aromatic nitrogens is 4. The Balaban J connectivity index is 1.97. The molecule has 1 unspecified atom stereocenters. The fourth-order valence-corrected chi connectivity index (χ4v) is 3.58. The summed E-state index contributed by atoms with van der Waals surface area (Å²) in [6.07, 6.45) is -2.42. The molecule has 128 valence electrons. The van der Waals surface area contributed by atoms with Gasteiger partial charge in [0, 0.05) is 15.8 Å². The number of nitrogens with one attached hydrogen (secondary N) is 1. The first-order valence-electron chi connectivity index (χ1n) is 7.43. The number of rotatable bonds is 4. The maximum absolute atomic E-state index is 13.0. The van der Waals surface area contributed by atoms with Crippen LogP contribution in [-0.4, -0.2) is 19.6 Å². The van der Waals surface area contributed by atoms with Crippen LogP contribution in [0.1, 0.15) is 40.9 Å². The van der Waals surface area contributed by atoms with Crippen molar-refractivity contribution in [3.63, 3.8) is 0 Å². The molecule has 3 rings (SSSR count). The van der Waals surface area contributed by atoms with Crippen molar-refractivity contribution in [3.05, 3.63) is 39.5 Å². The summed E-state index contributed by atoms with van der Waals surface area (Å²) in [5, 5.41) is 7.04. The minimum Gasteiger partial charge on any atom is -0.363 e. The second-order valence-electron chi connectivity index (χ2n) is 5.47. The topological polar surface area (TPSA) is 55.1 Å². The Hall–Kier alpha value is -2.16. The van der Waals surface area contributed by atoms with Crippen LogP contribution < -0.4 is 5.32 Å². The first-order chi connectivity index (χ1) is 11.3. The highest BCUT2D eigenvalue weighted by molar-refractivity contribution is 7.12. The lowest BCUT2D eigenvalue weighted by molar-refractivity contribution is -0.141. The summed E-state index contributed by atoms with van der Waals surface area (Å²) in [5.74, 6) is 0.123. The number of aryl methyl sites for hydroxylation is 2. The van der Waals surface area contributed by atoms with Crippen molar-refractivity contribution in [2.45, 2.75) is 39.4 Å². The molecule has 0 aliphatic heterocycles.